The van der Waals surface area contributed by atoms with Gasteiger partial charge in [-0.15, -0.1) is 0 Å². The lowest BCUT2D eigenvalue weighted by molar-refractivity contribution is -0.924. The molecule has 0 N–H and O–H groups in total. The Balaban J connectivity index is 3.94. The molecule has 0 aromatic carbocycles. The highest BCUT2D eigenvalue weighted by atomic mass is 32.2. The van der Waals surface area contributed by atoms with Gasteiger partial charge in [-0.05, 0) is 26.2 Å². The van der Waals surface area contributed by atoms with E-state index in [1.807, 2.05) is 0 Å². The second-order valence-electron chi connectivity index (χ2n) is 5.86. The fourth-order valence-electron chi connectivity index (χ4n) is 2.88. The third-order valence-corrected chi connectivity index (χ3v) is 5.04. The minimum atomic E-state index is 0.406. The Kier molecular flexibility index (Phi) is 12.7. The molecule has 3 heteroatoms. The first-order valence-electron chi connectivity index (χ1n) is 8.64. The molecule has 0 unspecified atom stereocenters. The molecule has 0 saturated carbocycles. The van der Waals surface area contributed by atoms with E-state index in [-0.39, 0.29) is 0 Å². The van der Waals surface area contributed by atoms with Gasteiger partial charge in [0.05, 0.1) is 31.9 Å². The second-order valence-corrected chi connectivity index (χ2v) is 7.01. The Morgan fingerprint density at radius 2 is 1.50 bits per heavy atom. The SMILES string of the molecule is CCCCCCC(=O)SCC[N+](CC)(CCC)CCC. The summed E-state index contributed by atoms with van der Waals surface area (Å²) in [7, 11) is 0. The van der Waals surface area contributed by atoms with Crippen LogP contribution in [0.4, 0.5) is 0 Å². The summed E-state index contributed by atoms with van der Waals surface area (Å²) in [5.74, 6) is 1.00. The maximum atomic E-state index is 11.9. The fourth-order valence-corrected chi connectivity index (χ4v) is 3.87. The van der Waals surface area contributed by atoms with Crippen molar-refractivity contribution in [3.63, 3.8) is 0 Å². The highest BCUT2D eigenvalue weighted by Crippen LogP contribution is 2.15. The van der Waals surface area contributed by atoms with E-state index in [0.717, 1.165) is 25.1 Å². The van der Waals surface area contributed by atoms with Crippen molar-refractivity contribution < 1.29 is 9.28 Å². The number of nitrogens with zero attached hydrogens (tertiary/aromatic N) is 1. The molecule has 0 fully saturated rings. The lowest BCUT2D eigenvalue weighted by Gasteiger charge is -2.37. The summed E-state index contributed by atoms with van der Waals surface area (Å²) >= 11 is 1.57. The molecule has 0 aliphatic rings. The normalized spacial score (nSPS) is 11.8. The summed E-state index contributed by atoms with van der Waals surface area (Å²) in [5.41, 5.74) is 0. The summed E-state index contributed by atoms with van der Waals surface area (Å²) in [6, 6.07) is 0. The first-order valence-corrected chi connectivity index (χ1v) is 9.63. The maximum Gasteiger partial charge on any atom is 0.189 e. The van der Waals surface area contributed by atoms with Crippen LogP contribution in [-0.2, 0) is 4.79 Å². The van der Waals surface area contributed by atoms with Crippen molar-refractivity contribution in [2.75, 3.05) is 31.9 Å². The summed E-state index contributed by atoms with van der Waals surface area (Å²) in [4.78, 5) is 11.9. The molecule has 120 valence electrons. The van der Waals surface area contributed by atoms with Gasteiger partial charge >= 0.3 is 0 Å². The largest absolute Gasteiger partial charge is 0.323 e. The molecule has 0 aliphatic carbocycles. The van der Waals surface area contributed by atoms with Crippen molar-refractivity contribution in [3.05, 3.63) is 0 Å². The molecule has 0 spiro atoms. The number of quaternary nitrogens is 1. The van der Waals surface area contributed by atoms with Gasteiger partial charge in [0, 0.05) is 6.42 Å². The zero-order valence-corrected chi connectivity index (χ0v) is 15.1. The Hall–Kier alpha value is -0.0200. The third kappa shape index (κ3) is 9.02. The first-order chi connectivity index (χ1) is 9.64. The zero-order valence-electron chi connectivity index (χ0n) is 14.2. The number of unbranched alkanes of at least 4 members (excludes halogenated alkanes) is 3. The van der Waals surface area contributed by atoms with Crippen molar-refractivity contribution in [2.24, 2.45) is 0 Å². The molecule has 0 rings (SSSR count). The predicted octanol–water partition coefficient (Wildman–Crippen LogP) is 4.87. The molecule has 0 heterocycles. The number of hydrogen-bond acceptors (Lipinski definition) is 2. The van der Waals surface area contributed by atoms with Crippen LogP contribution in [-0.4, -0.2) is 41.5 Å². The zero-order chi connectivity index (χ0) is 15.3. The molecule has 0 aromatic heterocycles. The van der Waals surface area contributed by atoms with Crippen LogP contribution in [0.15, 0.2) is 0 Å². The van der Waals surface area contributed by atoms with Gasteiger partial charge in [0.2, 0.25) is 0 Å². The van der Waals surface area contributed by atoms with E-state index in [9.17, 15) is 4.79 Å². The molecule has 0 atom stereocenters. The number of carbonyl (C=O) groups excluding carboxylic acids is 1. The van der Waals surface area contributed by atoms with E-state index < -0.39 is 0 Å². The fraction of sp³-hybridized carbons (Fsp3) is 0.941. The lowest BCUT2D eigenvalue weighted by Crippen LogP contribution is -2.50. The first kappa shape index (κ1) is 20.0. The smallest absolute Gasteiger partial charge is 0.189 e. The minimum Gasteiger partial charge on any atom is -0.323 e. The number of carbonyl (C=O) groups is 1. The lowest BCUT2D eigenvalue weighted by atomic mass is 10.2. The highest BCUT2D eigenvalue weighted by molar-refractivity contribution is 8.13. The maximum absolute atomic E-state index is 11.9. The van der Waals surface area contributed by atoms with Gasteiger partial charge in [-0.1, -0.05) is 51.8 Å². The van der Waals surface area contributed by atoms with Gasteiger partial charge in [0.25, 0.3) is 0 Å². The molecule has 0 aliphatic heterocycles. The Morgan fingerprint density at radius 3 is 2.00 bits per heavy atom. The standard InChI is InChI=1S/C17H36NOS/c1-5-9-10-11-12-17(19)20-16-15-18(8-4,13-6-2)14-7-3/h5-16H2,1-4H3/q+1. The van der Waals surface area contributed by atoms with Gasteiger partial charge in [0.1, 0.15) is 0 Å². The average molecular weight is 303 g/mol. The highest BCUT2D eigenvalue weighted by Gasteiger charge is 2.23. The van der Waals surface area contributed by atoms with Crippen LogP contribution in [0, 0.1) is 0 Å². The molecule has 0 bridgehead atoms. The summed E-state index contributed by atoms with van der Waals surface area (Å²) < 4.78 is 1.20. The molecule has 20 heavy (non-hydrogen) atoms. The molecule has 0 saturated heterocycles. The Morgan fingerprint density at radius 1 is 0.850 bits per heavy atom. The molecule has 0 aromatic rings. The van der Waals surface area contributed by atoms with Crippen molar-refractivity contribution >= 4 is 16.9 Å². The van der Waals surface area contributed by atoms with E-state index in [4.69, 9.17) is 0 Å². The number of hydrogen-bond donors (Lipinski definition) is 0. The van der Waals surface area contributed by atoms with Gasteiger partial charge in [-0.25, -0.2) is 0 Å². The van der Waals surface area contributed by atoms with Crippen LogP contribution in [0.3, 0.4) is 0 Å². The van der Waals surface area contributed by atoms with Gasteiger partial charge in [0.15, 0.2) is 5.12 Å². The molecule has 0 amide bonds. The molecular weight excluding hydrogens is 266 g/mol. The summed E-state index contributed by atoms with van der Waals surface area (Å²) in [5, 5.41) is 0.406. The van der Waals surface area contributed by atoms with Crippen molar-refractivity contribution in [1.82, 2.24) is 0 Å². The summed E-state index contributed by atoms with van der Waals surface area (Å²) in [6.07, 6.45) is 8.05. The predicted molar refractivity (Wildman–Crippen MR) is 92.2 cm³/mol. The van der Waals surface area contributed by atoms with Crippen molar-refractivity contribution in [3.8, 4) is 0 Å². The topological polar surface area (TPSA) is 17.1 Å². The number of rotatable bonds is 13. The monoisotopic (exact) mass is 302 g/mol. The Bertz CT molecular complexity index is 237. The van der Waals surface area contributed by atoms with Crippen LogP contribution in [0.2, 0.25) is 0 Å². The van der Waals surface area contributed by atoms with Gasteiger partial charge in [-0.2, -0.15) is 0 Å². The van der Waals surface area contributed by atoms with E-state index >= 15 is 0 Å². The van der Waals surface area contributed by atoms with E-state index in [1.165, 1.54) is 56.2 Å². The van der Waals surface area contributed by atoms with E-state index in [2.05, 4.69) is 27.7 Å². The average Bonchev–Trinajstić information content (AvgIpc) is 2.44. The van der Waals surface area contributed by atoms with Crippen LogP contribution in [0.5, 0.6) is 0 Å². The number of thioether (sulfide) groups is 1. The second kappa shape index (κ2) is 12.7. The van der Waals surface area contributed by atoms with E-state index in [0.29, 0.717) is 5.12 Å². The molecule has 0 radical (unpaired) electrons. The van der Waals surface area contributed by atoms with Crippen molar-refractivity contribution in [2.45, 2.75) is 72.6 Å². The molecule has 2 nitrogen and oxygen atoms in total. The minimum absolute atomic E-state index is 0.406. The third-order valence-electron chi connectivity index (χ3n) is 4.13. The molecular formula is C17H36NOS+. The Labute approximate surface area is 131 Å². The van der Waals surface area contributed by atoms with Crippen LogP contribution in [0.25, 0.3) is 0 Å². The van der Waals surface area contributed by atoms with E-state index in [1.54, 1.807) is 11.8 Å². The summed E-state index contributed by atoms with van der Waals surface area (Å²) in [6.45, 7) is 13.9. The van der Waals surface area contributed by atoms with Crippen LogP contribution in [0.1, 0.15) is 72.6 Å². The quantitative estimate of drug-likeness (QED) is 0.356. The van der Waals surface area contributed by atoms with Crippen molar-refractivity contribution in [1.29, 1.82) is 0 Å². The van der Waals surface area contributed by atoms with Gasteiger partial charge < -0.3 is 4.48 Å². The van der Waals surface area contributed by atoms with Crippen LogP contribution < -0.4 is 0 Å². The van der Waals surface area contributed by atoms with Crippen LogP contribution >= 0.6 is 11.8 Å². The van der Waals surface area contributed by atoms with Gasteiger partial charge in [-0.3, -0.25) is 4.79 Å².